The quantitative estimate of drug-likeness (QED) is 0.823. The second-order valence-corrected chi connectivity index (χ2v) is 4.91. The van der Waals surface area contributed by atoms with Crippen LogP contribution in [-0.4, -0.2) is 36.2 Å². The summed E-state index contributed by atoms with van der Waals surface area (Å²) < 4.78 is 0. The molecule has 3 nitrogen and oxygen atoms in total. The Morgan fingerprint density at radius 3 is 2.83 bits per heavy atom. The third-order valence-corrected chi connectivity index (χ3v) is 3.66. The molecule has 18 heavy (non-hydrogen) atoms. The fourth-order valence-corrected chi connectivity index (χ4v) is 2.61. The number of para-hydroxylation sites is 1. The van der Waals surface area contributed by atoms with Crippen molar-refractivity contribution >= 4 is 11.6 Å². The summed E-state index contributed by atoms with van der Waals surface area (Å²) in [5.74, 6) is 0.199. The van der Waals surface area contributed by atoms with E-state index in [2.05, 4.69) is 16.8 Å². The van der Waals surface area contributed by atoms with Crippen molar-refractivity contribution in [2.24, 2.45) is 0 Å². The maximum Gasteiger partial charge on any atom is 0.138 e. The first-order chi connectivity index (χ1) is 8.74. The number of aromatic hydroxyl groups is 1. The van der Waals surface area contributed by atoms with Gasteiger partial charge in [-0.2, -0.15) is 0 Å². The van der Waals surface area contributed by atoms with Crippen molar-refractivity contribution < 1.29 is 5.11 Å². The molecule has 0 unspecified atom stereocenters. The Balaban J connectivity index is 2.28. The van der Waals surface area contributed by atoms with Gasteiger partial charge >= 0.3 is 0 Å². The predicted octanol–water partition coefficient (Wildman–Crippen LogP) is 2.57. The maximum atomic E-state index is 10.1. The Bertz CT molecular complexity index is 416. The van der Waals surface area contributed by atoms with Crippen LogP contribution < -0.4 is 5.32 Å². The van der Waals surface area contributed by atoms with Crippen LogP contribution >= 0.6 is 11.6 Å². The van der Waals surface area contributed by atoms with Crippen molar-refractivity contribution in [3.05, 3.63) is 41.4 Å². The number of nitrogens with zero attached hydrogens (tertiary/aromatic N) is 1. The zero-order chi connectivity index (χ0) is 13.0. The van der Waals surface area contributed by atoms with E-state index in [0.717, 1.165) is 38.2 Å². The zero-order valence-corrected chi connectivity index (χ0v) is 11.2. The van der Waals surface area contributed by atoms with E-state index in [0.29, 0.717) is 5.02 Å². The third kappa shape index (κ3) is 2.86. The number of nitrogens with one attached hydrogen (secondary N) is 1. The highest BCUT2D eigenvalue weighted by molar-refractivity contribution is 6.32. The molecule has 0 radical (unpaired) electrons. The fraction of sp³-hybridized carbons (Fsp3) is 0.429. The number of hydrogen-bond donors (Lipinski definition) is 2. The summed E-state index contributed by atoms with van der Waals surface area (Å²) in [5.41, 5.74) is 0.893. The van der Waals surface area contributed by atoms with Gasteiger partial charge in [-0.3, -0.25) is 4.90 Å². The van der Waals surface area contributed by atoms with Crippen LogP contribution in [0.5, 0.6) is 5.75 Å². The van der Waals surface area contributed by atoms with Gasteiger partial charge in [0.25, 0.3) is 0 Å². The summed E-state index contributed by atoms with van der Waals surface area (Å²) in [6.07, 6.45) is 2.71. The third-order valence-electron chi connectivity index (χ3n) is 3.36. The van der Waals surface area contributed by atoms with Crippen molar-refractivity contribution in [3.63, 3.8) is 0 Å². The van der Waals surface area contributed by atoms with Gasteiger partial charge in [0.05, 0.1) is 5.02 Å². The lowest BCUT2D eigenvalue weighted by Crippen LogP contribution is -2.45. The number of phenols is 1. The Hall–Kier alpha value is -1.03. The van der Waals surface area contributed by atoms with Crippen LogP contribution in [0.4, 0.5) is 0 Å². The number of hydrogen-bond acceptors (Lipinski definition) is 3. The molecular weight excluding hydrogens is 248 g/mol. The summed E-state index contributed by atoms with van der Waals surface area (Å²) >= 11 is 5.99. The smallest absolute Gasteiger partial charge is 0.138 e. The summed E-state index contributed by atoms with van der Waals surface area (Å²) in [7, 11) is 0. The number of benzene rings is 1. The van der Waals surface area contributed by atoms with Gasteiger partial charge in [-0.05, 0) is 12.5 Å². The molecule has 0 bridgehead atoms. The molecule has 1 aromatic rings. The fourth-order valence-electron chi connectivity index (χ4n) is 2.43. The molecule has 0 aliphatic carbocycles. The summed E-state index contributed by atoms with van der Waals surface area (Å²) in [5, 5.41) is 13.9. The highest BCUT2D eigenvalue weighted by Crippen LogP contribution is 2.36. The monoisotopic (exact) mass is 266 g/mol. The molecule has 98 valence electrons. The predicted molar refractivity (Wildman–Crippen MR) is 75.1 cm³/mol. The van der Waals surface area contributed by atoms with Crippen molar-refractivity contribution in [3.8, 4) is 5.75 Å². The second-order valence-electron chi connectivity index (χ2n) is 4.50. The SMILES string of the molecule is C=CC[C@@H](c1cccc(Cl)c1O)N1CCNCC1. The molecule has 1 heterocycles. The molecule has 0 aromatic heterocycles. The standard InChI is InChI=1S/C14H19ClN2O/c1-2-4-13(17-9-7-16-8-10-17)11-5-3-6-12(15)14(11)18/h2-3,5-6,13,16,18H,1,4,7-10H2/t13-/m0/s1. The van der Waals surface area contributed by atoms with Gasteiger partial charge in [0.15, 0.2) is 0 Å². The molecule has 1 aromatic carbocycles. The Labute approximate surface area is 113 Å². The molecule has 1 atom stereocenters. The molecular formula is C14H19ClN2O. The lowest BCUT2D eigenvalue weighted by molar-refractivity contribution is 0.172. The first-order valence-electron chi connectivity index (χ1n) is 6.27. The van der Waals surface area contributed by atoms with E-state index in [4.69, 9.17) is 11.6 Å². The number of piperazine rings is 1. The average Bonchev–Trinajstić information content (AvgIpc) is 2.41. The van der Waals surface area contributed by atoms with E-state index in [1.165, 1.54) is 0 Å². The van der Waals surface area contributed by atoms with Crippen LogP contribution in [-0.2, 0) is 0 Å². The summed E-state index contributed by atoms with van der Waals surface area (Å²) in [6, 6.07) is 5.69. The van der Waals surface area contributed by atoms with E-state index in [-0.39, 0.29) is 11.8 Å². The van der Waals surface area contributed by atoms with Gasteiger partial charge in [-0.25, -0.2) is 0 Å². The van der Waals surface area contributed by atoms with Crippen LogP contribution in [0.2, 0.25) is 5.02 Å². The average molecular weight is 267 g/mol. The lowest BCUT2D eigenvalue weighted by atomic mass is 10.00. The van der Waals surface area contributed by atoms with Crippen LogP contribution in [0.1, 0.15) is 18.0 Å². The zero-order valence-electron chi connectivity index (χ0n) is 10.4. The molecule has 0 amide bonds. The summed E-state index contributed by atoms with van der Waals surface area (Å²) in [6.45, 7) is 7.73. The molecule has 2 N–H and O–H groups in total. The van der Waals surface area contributed by atoms with E-state index >= 15 is 0 Å². The molecule has 4 heteroatoms. The molecule has 1 aliphatic heterocycles. The molecule has 0 spiro atoms. The van der Waals surface area contributed by atoms with Crippen LogP contribution in [0, 0.1) is 0 Å². The van der Waals surface area contributed by atoms with Gasteiger partial charge in [0, 0.05) is 37.8 Å². The summed E-state index contributed by atoms with van der Waals surface area (Å²) in [4.78, 5) is 2.36. The van der Waals surface area contributed by atoms with Gasteiger partial charge in [0.2, 0.25) is 0 Å². The maximum absolute atomic E-state index is 10.1. The number of phenolic OH excluding ortho intramolecular Hbond substituents is 1. The van der Waals surface area contributed by atoms with Crippen molar-refractivity contribution in [1.29, 1.82) is 0 Å². The van der Waals surface area contributed by atoms with E-state index in [1.807, 2.05) is 18.2 Å². The van der Waals surface area contributed by atoms with E-state index < -0.39 is 0 Å². The van der Waals surface area contributed by atoms with Gasteiger partial charge in [-0.1, -0.05) is 29.8 Å². The van der Waals surface area contributed by atoms with E-state index in [9.17, 15) is 5.11 Å². The Morgan fingerprint density at radius 1 is 1.44 bits per heavy atom. The first kappa shape index (κ1) is 13.4. The molecule has 1 fully saturated rings. The van der Waals surface area contributed by atoms with Crippen LogP contribution in [0.25, 0.3) is 0 Å². The molecule has 1 saturated heterocycles. The number of rotatable bonds is 4. The molecule has 0 saturated carbocycles. The second kappa shape index (κ2) is 6.23. The van der Waals surface area contributed by atoms with Gasteiger partial charge in [0.1, 0.15) is 5.75 Å². The highest BCUT2D eigenvalue weighted by atomic mass is 35.5. The first-order valence-corrected chi connectivity index (χ1v) is 6.65. The topological polar surface area (TPSA) is 35.5 Å². The lowest BCUT2D eigenvalue weighted by Gasteiger charge is -2.35. The minimum Gasteiger partial charge on any atom is -0.506 e. The van der Waals surface area contributed by atoms with Crippen molar-refractivity contribution in [2.75, 3.05) is 26.2 Å². The largest absolute Gasteiger partial charge is 0.506 e. The van der Waals surface area contributed by atoms with Gasteiger partial charge < -0.3 is 10.4 Å². The van der Waals surface area contributed by atoms with Crippen LogP contribution in [0.3, 0.4) is 0 Å². The van der Waals surface area contributed by atoms with Crippen molar-refractivity contribution in [1.82, 2.24) is 10.2 Å². The minimum atomic E-state index is 0.156. The van der Waals surface area contributed by atoms with E-state index in [1.54, 1.807) is 6.07 Å². The van der Waals surface area contributed by atoms with Crippen molar-refractivity contribution in [2.45, 2.75) is 12.5 Å². The molecule has 1 aliphatic rings. The minimum absolute atomic E-state index is 0.156. The Morgan fingerprint density at radius 2 is 2.17 bits per heavy atom. The normalized spacial score (nSPS) is 18.5. The highest BCUT2D eigenvalue weighted by Gasteiger charge is 2.23. The number of halogens is 1. The Kier molecular flexibility index (Phi) is 4.64. The van der Waals surface area contributed by atoms with Crippen LogP contribution in [0.15, 0.2) is 30.9 Å². The van der Waals surface area contributed by atoms with Gasteiger partial charge in [-0.15, -0.1) is 6.58 Å². The molecule has 2 rings (SSSR count).